The van der Waals surface area contributed by atoms with Gasteiger partial charge in [-0.2, -0.15) is 5.06 Å². The van der Waals surface area contributed by atoms with Gasteiger partial charge in [-0.1, -0.05) is 6.08 Å². The van der Waals surface area contributed by atoms with Gasteiger partial charge in [-0.25, -0.2) is 0 Å². The highest BCUT2D eigenvalue weighted by molar-refractivity contribution is 5.87. The Balaban J connectivity index is 2.05. The van der Waals surface area contributed by atoms with Crippen LogP contribution in [0.1, 0.15) is 19.3 Å². The molecule has 1 fully saturated rings. The van der Waals surface area contributed by atoms with E-state index in [1.54, 1.807) is 0 Å². The van der Waals surface area contributed by atoms with Crippen LogP contribution < -0.4 is 0 Å². The number of allylic oxidation sites excluding steroid dienone is 2. The van der Waals surface area contributed by atoms with Gasteiger partial charge in [0.1, 0.15) is 0 Å². The van der Waals surface area contributed by atoms with Crippen molar-refractivity contribution in [3.8, 4) is 0 Å². The third kappa shape index (κ3) is 0.623. The molecule has 1 aliphatic carbocycles. The molecular weight excluding hydrogens is 154 g/mol. The fraction of sp³-hybridized carbons (Fsp3) is 0.444. The van der Waals surface area contributed by atoms with Crippen molar-refractivity contribution in [3.63, 3.8) is 0 Å². The normalized spacial score (nSPS) is 31.8. The Kier molecular flexibility index (Phi) is 1.06. The number of hydrogen-bond donors (Lipinski definition) is 0. The van der Waals surface area contributed by atoms with Crippen molar-refractivity contribution in [3.05, 3.63) is 23.4 Å². The van der Waals surface area contributed by atoms with Crippen LogP contribution in [0.2, 0.25) is 0 Å². The van der Waals surface area contributed by atoms with Crippen LogP contribution in [0.25, 0.3) is 0 Å². The Hall–Kier alpha value is -1.09. The number of carbonyl (C=O) groups is 1. The number of hydrogen-bond acceptors (Lipinski definition) is 2. The molecule has 3 heteroatoms. The van der Waals surface area contributed by atoms with Crippen LogP contribution in [0.15, 0.2) is 23.4 Å². The van der Waals surface area contributed by atoms with Gasteiger partial charge in [0.2, 0.25) is 0 Å². The summed E-state index contributed by atoms with van der Waals surface area (Å²) in [4.78, 5) is 16.5. The molecule has 2 bridgehead atoms. The topological polar surface area (TPSA) is 29.5 Å². The summed E-state index contributed by atoms with van der Waals surface area (Å²) in [6.45, 7) is 0. The summed E-state index contributed by atoms with van der Waals surface area (Å²) >= 11 is 0. The van der Waals surface area contributed by atoms with Crippen LogP contribution in [0.4, 0.5) is 0 Å². The SMILES string of the molecule is O=C1C2CC3=C(C=CCC3)N1O2. The lowest BCUT2D eigenvalue weighted by Gasteiger charge is -2.44. The molecule has 0 radical (unpaired) electrons. The second kappa shape index (κ2) is 1.98. The standard InChI is InChI=1S/C9H9NO2/c11-9-8-5-6-3-1-2-4-7(6)10(9)12-8/h2,4,8H,1,3,5H2. The van der Waals surface area contributed by atoms with Crippen molar-refractivity contribution in [2.45, 2.75) is 25.4 Å². The molecule has 4 aliphatic rings. The Morgan fingerprint density at radius 2 is 2.50 bits per heavy atom. The summed E-state index contributed by atoms with van der Waals surface area (Å²) in [6.07, 6.45) is 6.94. The third-order valence-corrected chi connectivity index (χ3v) is 2.61. The maximum absolute atomic E-state index is 11.2. The van der Waals surface area contributed by atoms with Gasteiger partial charge in [-0.3, -0.25) is 9.63 Å². The van der Waals surface area contributed by atoms with Crippen LogP contribution in [0.3, 0.4) is 0 Å². The Morgan fingerprint density at radius 3 is 3.33 bits per heavy atom. The third-order valence-electron chi connectivity index (χ3n) is 2.61. The van der Waals surface area contributed by atoms with Gasteiger partial charge < -0.3 is 0 Å². The largest absolute Gasteiger partial charge is 0.283 e. The predicted octanol–water partition coefficient (Wildman–Crippen LogP) is 1.14. The van der Waals surface area contributed by atoms with Gasteiger partial charge in [-0.15, -0.1) is 0 Å². The highest BCUT2D eigenvalue weighted by Crippen LogP contribution is 2.38. The fourth-order valence-electron chi connectivity index (χ4n) is 1.95. The number of carbonyl (C=O) groups excluding carboxylic acids is 1. The number of amides is 1. The quantitative estimate of drug-likeness (QED) is 0.536. The van der Waals surface area contributed by atoms with Crippen LogP contribution in [-0.2, 0) is 9.63 Å². The fourth-order valence-corrected chi connectivity index (χ4v) is 1.95. The summed E-state index contributed by atoms with van der Waals surface area (Å²) in [5.41, 5.74) is 2.38. The molecule has 0 aromatic carbocycles. The highest BCUT2D eigenvalue weighted by atomic mass is 16.7. The summed E-state index contributed by atoms with van der Waals surface area (Å²) in [7, 11) is 0. The van der Waals surface area contributed by atoms with Crippen molar-refractivity contribution in [2.75, 3.05) is 0 Å². The Bertz CT molecular complexity index is 316. The van der Waals surface area contributed by atoms with E-state index in [9.17, 15) is 4.79 Å². The minimum Gasteiger partial charge on any atom is -0.269 e. The summed E-state index contributed by atoms with van der Waals surface area (Å²) < 4.78 is 0. The average molecular weight is 163 g/mol. The molecule has 0 aromatic rings. The van der Waals surface area contributed by atoms with Gasteiger partial charge >= 0.3 is 0 Å². The lowest BCUT2D eigenvalue weighted by molar-refractivity contribution is -0.257. The smallest absolute Gasteiger partial charge is 0.269 e. The maximum Gasteiger partial charge on any atom is 0.283 e. The number of nitrogens with zero attached hydrogens (tertiary/aromatic N) is 1. The average Bonchev–Trinajstić information content (AvgIpc) is 2.16. The highest BCUT2D eigenvalue weighted by Gasteiger charge is 2.46. The monoisotopic (exact) mass is 163 g/mol. The van der Waals surface area contributed by atoms with E-state index in [-0.39, 0.29) is 12.0 Å². The molecule has 3 aliphatic heterocycles. The van der Waals surface area contributed by atoms with E-state index in [4.69, 9.17) is 4.84 Å². The molecule has 0 aromatic heterocycles. The first-order valence-corrected chi connectivity index (χ1v) is 4.25. The lowest BCUT2D eigenvalue weighted by atomic mass is 9.91. The first-order valence-electron chi connectivity index (χ1n) is 4.25. The summed E-state index contributed by atoms with van der Waals surface area (Å²) in [5, 5.41) is 1.43. The second-order valence-electron chi connectivity index (χ2n) is 3.36. The maximum atomic E-state index is 11.2. The number of hydroxylamine groups is 2. The molecule has 1 saturated heterocycles. The summed E-state index contributed by atoms with van der Waals surface area (Å²) in [6, 6.07) is 0. The van der Waals surface area contributed by atoms with Gasteiger partial charge in [0.15, 0.2) is 6.10 Å². The van der Waals surface area contributed by atoms with E-state index in [2.05, 4.69) is 6.08 Å². The Labute approximate surface area is 70.3 Å². The van der Waals surface area contributed by atoms with Crippen LogP contribution in [-0.4, -0.2) is 17.1 Å². The van der Waals surface area contributed by atoms with E-state index in [0.717, 1.165) is 25.0 Å². The van der Waals surface area contributed by atoms with Crippen LogP contribution in [0.5, 0.6) is 0 Å². The number of rotatable bonds is 0. The zero-order valence-corrected chi connectivity index (χ0v) is 6.62. The van der Waals surface area contributed by atoms with Crippen molar-refractivity contribution >= 4 is 5.91 Å². The van der Waals surface area contributed by atoms with Gasteiger partial charge in [0.05, 0.1) is 5.70 Å². The molecule has 3 nitrogen and oxygen atoms in total. The van der Waals surface area contributed by atoms with E-state index < -0.39 is 0 Å². The molecule has 0 saturated carbocycles. The van der Waals surface area contributed by atoms with Crippen molar-refractivity contribution < 1.29 is 9.63 Å². The minimum atomic E-state index is -0.157. The van der Waals surface area contributed by atoms with Crippen LogP contribution >= 0.6 is 0 Å². The minimum absolute atomic E-state index is 0.125. The molecular formula is C9H9NO2. The zero-order chi connectivity index (χ0) is 8.13. The molecule has 0 spiro atoms. The molecule has 0 N–H and O–H groups in total. The first-order chi connectivity index (χ1) is 5.86. The second-order valence-corrected chi connectivity index (χ2v) is 3.36. The lowest BCUT2D eigenvalue weighted by Crippen LogP contribution is -2.56. The molecule has 12 heavy (non-hydrogen) atoms. The van der Waals surface area contributed by atoms with Gasteiger partial charge in [0, 0.05) is 6.42 Å². The van der Waals surface area contributed by atoms with Gasteiger partial charge in [0.25, 0.3) is 5.91 Å². The molecule has 3 heterocycles. The van der Waals surface area contributed by atoms with Crippen molar-refractivity contribution in [1.29, 1.82) is 0 Å². The van der Waals surface area contributed by atoms with Crippen molar-refractivity contribution in [1.82, 2.24) is 5.06 Å². The van der Waals surface area contributed by atoms with E-state index in [0.29, 0.717) is 0 Å². The molecule has 62 valence electrons. The molecule has 1 amide bonds. The predicted molar refractivity (Wildman–Crippen MR) is 41.7 cm³/mol. The Morgan fingerprint density at radius 1 is 1.58 bits per heavy atom. The van der Waals surface area contributed by atoms with Crippen LogP contribution in [0, 0.1) is 0 Å². The first kappa shape index (κ1) is 6.43. The molecule has 4 rings (SSSR count). The molecule has 1 atom stereocenters. The molecule has 1 unspecified atom stereocenters. The van der Waals surface area contributed by atoms with E-state index in [1.165, 1.54) is 10.6 Å². The van der Waals surface area contributed by atoms with Gasteiger partial charge in [-0.05, 0) is 24.5 Å². The summed E-state index contributed by atoms with van der Waals surface area (Å²) in [5.74, 6) is 0.125. The van der Waals surface area contributed by atoms with Crippen molar-refractivity contribution in [2.24, 2.45) is 0 Å². The zero-order valence-electron chi connectivity index (χ0n) is 6.62. The van der Waals surface area contributed by atoms with E-state index >= 15 is 0 Å². The van der Waals surface area contributed by atoms with E-state index in [1.807, 2.05) is 6.08 Å².